The predicted molar refractivity (Wildman–Crippen MR) is 64.2 cm³/mol. The minimum Gasteiger partial charge on any atom is -0.287 e. The van der Waals surface area contributed by atoms with E-state index in [0.29, 0.717) is 5.39 Å². The van der Waals surface area contributed by atoms with Gasteiger partial charge in [0.25, 0.3) is 0 Å². The molecule has 0 unspecified atom stereocenters. The second-order valence-corrected chi connectivity index (χ2v) is 4.54. The summed E-state index contributed by atoms with van der Waals surface area (Å²) in [6, 6.07) is 8.89. The van der Waals surface area contributed by atoms with Gasteiger partial charge in [-0.3, -0.25) is 4.79 Å². The molecule has 2 aromatic rings. The van der Waals surface area contributed by atoms with Gasteiger partial charge in [-0.1, -0.05) is 36.4 Å². The number of rotatable bonds is 3. The van der Waals surface area contributed by atoms with Crippen molar-refractivity contribution in [2.75, 3.05) is 0 Å². The van der Waals surface area contributed by atoms with Crippen LogP contribution < -0.4 is 0 Å². The summed E-state index contributed by atoms with van der Waals surface area (Å²) < 4.78 is 88.7. The third kappa shape index (κ3) is 2.42. The highest BCUT2D eigenvalue weighted by Gasteiger charge is 2.76. The Labute approximate surface area is 119 Å². The van der Waals surface area contributed by atoms with Crippen LogP contribution in [-0.2, 0) is 0 Å². The zero-order valence-corrected chi connectivity index (χ0v) is 10.6. The summed E-state index contributed by atoms with van der Waals surface area (Å²) in [5, 5.41) is 0.782. The molecule has 0 saturated heterocycles. The zero-order valence-electron chi connectivity index (χ0n) is 10.6. The van der Waals surface area contributed by atoms with Crippen LogP contribution >= 0.6 is 0 Å². The van der Waals surface area contributed by atoms with E-state index in [4.69, 9.17) is 0 Å². The Bertz CT molecular complexity index is 718. The van der Waals surface area contributed by atoms with Gasteiger partial charge < -0.3 is 0 Å². The molecule has 2 rings (SSSR count). The van der Waals surface area contributed by atoms with Crippen molar-refractivity contribution in [1.29, 1.82) is 0 Å². The highest BCUT2D eigenvalue weighted by atomic mass is 19.4. The Morgan fingerprint density at radius 2 is 1.32 bits per heavy atom. The van der Waals surface area contributed by atoms with Crippen LogP contribution in [0.2, 0.25) is 0 Å². The molecule has 0 heterocycles. The minimum atomic E-state index is -6.54. The van der Waals surface area contributed by atoms with Gasteiger partial charge >= 0.3 is 18.0 Å². The molecule has 0 saturated carbocycles. The summed E-state index contributed by atoms with van der Waals surface area (Å²) in [5.41, 5.74) is -0.923. The molecule has 118 valence electrons. The van der Waals surface area contributed by atoms with Crippen LogP contribution in [-0.4, -0.2) is 23.8 Å². The van der Waals surface area contributed by atoms with Crippen molar-refractivity contribution in [1.82, 2.24) is 0 Å². The Morgan fingerprint density at radius 3 is 1.86 bits per heavy atom. The molecule has 0 N–H and O–H groups in total. The molecule has 8 heteroatoms. The number of fused-ring (bicyclic) bond motifs is 1. The summed E-state index contributed by atoms with van der Waals surface area (Å²) in [6.07, 6.45) is -6.54. The molecule has 2 aromatic carbocycles. The fourth-order valence-corrected chi connectivity index (χ4v) is 1.83. The standard InChI is InChI=1S/C14H7F7O/c15-12(16,13(17,18)14(19,20)21)11(22)10-6-5-8-3-1-2-4-9(8)7-10/h1-7H. The van der Waals surface area contributed by atoms with E-state index in [1.165, 1.54) is 18.2 Å². The third-order valence-electron chi connectivity index (χ3n) is 3.05. The van der Waals surface area contributed by atoms with Crippen LogP contribution in [0, 0.1) is 0 Å². The van der Waals surface area contributed by atoms with Crippen molar-refractivity contribution in [3.8, 4) is 0 Å². The zero-order chi connectivity index (χ0) is 16.8. The van der Waals surface area contributed by atoms with E-state index in [9.17, 15) is 35.5 Å². The van der Waals surface area contributed by atoms with Gasteiger partial charge in [0.15, 0.2) is 0 Å². The van der Waals surface area contributed by atoms with E-state index in [1.54, 1.807) is 12.1 Å². The minimum absolute atomic E-state index is 0.263. The first-order valence-corrected chi connectivity index (χ1v) is 5.84. The lowest BCUT2D eigenvalue weighted by Gasteiger charge is -2.27. The number of ketones is 1. The number of carbonyl (C=O) groups is 1. The highest BCUT2D eigenvalue weighted by molar-refractivity contribution is 6.04. The molecule has 1 nitrogen and oxygen atoms in total. The van der Waals surface area contributed by atoms with Crippen molar-refractivity contribution in [2.45, 2.75) is 18.0 Å². The molecule has 0 spiro atoms. The fourth-order valence-electron chi connectivity index (χ4n) is 1.83. The largest absolute Gasteiger partial charge is 0.460 e. The van der Waals surface area contributed by atoms with Gasteiger partial charge in [0.05, 0.1) is 0 Å². The monoisotopic (exact) mass is 324 g/mol. The fraction of sp³-hybridized carbons (Fsp3) is 0.214. The average molecular weight is 324 g/mol. The summed E-state index contributed by atoms with van der Waals surface area (Å²) in [7, 11) is 0. The van der Waals surface area contributed by atoms with Gasteiger partial charge in [0, 0.05) is 5.56 Å². The van der Waals surface area contributed by atoms with Crippen molar-refractivity contribution in [3.05, 3.63) is 48.0 Å². The van der Waals surface area contributed by atoms with Crippen LogP contribution in [0.4, 0.5) is 30.7 Å². The lowest BCUT2D eigenvalue weighted by atomic mass is 9.97. The van der Waals surface area contributed by atoms with Crippen molar-refractivity contribution in [3.63, 3.8) is 0 Å². The Hall–Kier alpha value is -2.12. The molecule has 0 atom stereocenters. The molecule has 0 aliphatic rings. The van der Waals surface area contributed by atoms with E-state index < -0.39 is 29.4 Å². The van der Waals surface area contributed by atoms with Gasteiger partial charge in [0.1, 0.15) is 0 Å². The van der Waals surface area contributed by atoms with Crippen molar-refractivity contribution in [2.24, 2.45) is 0 Å². The van der Waals surface area contributed by atoms with Crippen LogP contribution in [0.25, 0.3) is 10.8 Å². The van der Waals surface area contributed by atoms with Gasteiger partial charge in [-0.25, -0.2) is 0 Å². The van der Waals surface area contributed by atoms with Crippen LogP contribution in [0.3, 0.4) is 0 Å². The quantitative estimate of drug-likeness (QED) is 0.582. The average Bonchev–Trinajstić information content (AvgIpc) is 2.44. The normalized spacial score (nSPS) is 13.4. The third-order valence-corrected chi connectivity index (χ3v) is 3.05. The molecule has 0 fully saturated rings. The number of benzene rings is 2. The number of hydrogen-bond donors (Lipinski definition) is 0. The first kappa shape index (κ1) is 16.3. The molecule has 0 radical (unpaired) electrons. The number of carbonyl (C=O) groups excluding carboxylic acids is 1. The Morgan fingerprint density at radius 1 is 0.773 bits per heavy atom. The van der Waals surface area contributed by atoms with Crippen molar-refractivity contribution < 1.29 is 35.5 Å². The molecule has 0 aliphatic carbocycles. The maximum atomic E-state index is 13.4. The van der Waals surface area contributed by atoms with E-state index in [2.05, 4.69) is 0 Å². The maximum Gasteiger partial charge on any atom is 0.460 e. The second kappa shape index (κ2) is 4.96. The van der Waals surface area contributed by atoms with Gasteiger partial charge in [-0.2, -0.15) is 30.7 Å². The number of alkyl halides is 7. The topological polar surface area (TPSA) is 17.1 Å². The first-order chi connectivity index (χ1) is 9.98. The molecule has 0 amide bonds. The molecule has 0 aliphatic heterocycles. The molecule has 22 heavy (non-hydrogen) atoms. The number of Topliss-reactive ketones (excluding diaryl/α,β-unsaturated/α-hetero) is 1. The van der Waals surface area contributed by atoms with Gasteiger partial charge in [-0.15, -0.1) is 0 Å². The van der Waals surface area contributed by atoms with E-state index in [0.717, 1.165) is 12.1 Å². The molecule has 0 aromatic heterocycles. The van der Waals surface area contributed by atoms with E-state index in [1.807, 2.05) is 0 Å². The van der Waals surface area contributed by atoms with Crippen molar-refractivity contribution >= 4 is 16.6 Å². The van der Waals surface area contributed by atoms with Gasteiger partial charge in [-0.05, 0) is 16.8 Å². The Balaban J connectivity index is 2.48. The van der Waals surface area contributed by atoms with E-state index in [-0.39, 0.29) is 5.39 Å². The lowest BCUT2D eigenvalue weighted by Crippen LogP contribution is -2.56. The predicted octanol–water partition coefficient (Wildman–Crippen LogP) is 4.86. The molecular formula is C14H7F7O. The maximum absolute atomic E-state index is 13.4. The first-order valence-electron chi connectivity index (χ1n) is 5.84. The summed E-state index contributed by atoms with van der Waals surface area (Å²) in [6.45, 7) is 0. The van der Waals surface area contributed by atoms with Crippen LogP contribution in [0.1, 0.15) is 10.4 Å². The second-order valence-electron chi connectivity index (χ2n) is 4.54. The van der Waals surface area contributed by atoms with Crippen LogP contribution in [0.15, 0.2) is 42.5 Å². The van der Waals surface area contributed by atoms with E-state index >= 15 is 0 Å². The number of hydrogen-bond acceptors (Lipinski definition) is 1. The van der Waals surface area contributed by atoms with Gasteiger partial charge in [0.2, 0.25) is 5.78 Å². The summed E-state index contributed by atoms with van der Waals surface area (Å²) >= 11 is 0. The number of halogens is 7. The Kier molecular flexibility index (Phi) is 3.67. The highest BCUT2D eigenvalue weighted by Crippen LogP contribution is 2.47. The molecular weight excluding hydrogens is 317 g/mol. The summed E-state index contributed by atoms with van der Waals surface area (Å²) in [5.74, 6) is -14.9. The lowest BCUT2D eigenvalue weighted by molar-refractivity contribution is -0.339. The molecule has 0 bridgehead atoms. The van der Waals surface area contributed by atoms with Crippen LogP contribution in [0.5, 0.6) is 0 Å². The smallest absolute Gasteiger partial charge is 0.287 e. The summed E-state index contributed by atoms with van der Waals surface area (Å²) in [4.78, 5) is 11.5. The SMILES string of the molecule is O=C(c1ccc2ccccc2c1)C(F)(F)C(F)(F)C(F)(F)F.